The first-order chi connectivity index (χ1) is 19.4. The molecular formula is C28H28Cl2N6O4. The van der Waals surface area contributed by atoms with Crippen LogP contribution in [-0.4, -0.2) is 69.4 Å². The van der Waals surface area contributed by atoms with Crippen molar-refractivity contribution in [3.05, 3.63) is 88.6 Å². The van der Waals surface area contributed by atoms with Crippen LogP contribution in [0.5, 0.6) is 5.88 Å². The highest BCUT2D eigenvalue weighted by Crippen LogP contribution is 2.18. The Morgan fingerprint density at radius 2 is 1.85 bits per heavy atom. The number of carbonyl (C=O) groups is 3. The summed E-state index contributed by atoms with van der Waals surface area (Å²) in [4.78, 5) is 52.5. The molecule has 2 aromatic heterocycles. The zero-order chi connectivity index (χ0) is 28.3. The van der Waals surface area contributed by atoms with Crippen LogP contribution in [0.25, 0.3) is 6.08 Å². The van der Waals surface area contributed by atoms with Crippen molar-refractivity contribution in [2.75, 3.05) is 19.6 Å². The fourth-order valence-electron chi connectivity index (χ4n) is 4.08. The average molecular weight is 583 g/mol. The summed E-state index contributed by atoms with van der Waals surface area (Å²) in [6.07, 6.45) is 8.74. The lowest BCUT2D eigenvalue weighted by Gasteiger charge is -2.32. The van der Waals surface area contributed by atoms with Crippen LogP contribution in [0.15, 0.2) is 67.1 Å². The van der Waals surface area contributed by atoms with Gasteiger partial charge in [0, 0.05) is 55.3 Å². The lowest BCUT2D eigenvalue weighted by Crippen LogP contribution is -2.51. The number of aromatic nitrogens is 3. The van der Waals surface area contributed by atoms with Crippen molar-refractivity contribution >= 4 is 47.0 Å². The number of hydrogen-bond acceptors (Lipinski definition) is 7. The maximum atomic E-state index is 13.1. The lowest BCUT2D eigenvalue weighted by molar-refractivity contribution is -0.135. The number of carbonyl (C=O) groups excluding carboxylic acids is 3. The van der Waals surface area contributed by atoms with Crippen molar-refractivity contribution in [1.29, 1.82) is 0 Å². The predicted octanol–water partition coefficient (Wildman–Crippen LogP) is 3.11. The summed E-state index contributed by atoms with van der Waals surface area (Å²) in [6, 6.07) is 11.4. The van der Waals surface area contributed by atoms with E-state index in [0.29, 0.717) is 42.5 Å². The van der Waals surface area contributed by atoms with Crippen LogP contribution in [0.2, 0.25) is 10.2 Å². The van der Waals surface area contributed by atoms with Crippen molar-refractivity contribution in [1.82, 2.24) is 30.5 Å². The molecule has 1 saturated heterocycles. The van der Waals surface area contributed by atoms with Crippen LogP contribution in [-0.2, 0) is 20.8 Å². The van der Waals surface area contributed by atoms with Gasteiger partial charge in [0.2, 0.25) is 23.6 Å². The van der Waals surface area contributed by atoms with Gasteiger partial charge in [-0.1, -0.05) is 41.4 Å². The molecule has 2 N–H and O–H groups in total. The van der Waals surface area contributed by atoms with Gasteiger partial charge in [0.25, 0.3) is 0 Å². The van der Waals surface area contributed by atoms with E-state index in [2.05, 4.69) is 25.6 Å². The summed E-state index contributed by atoms with van der Waals surface area (Å²) in [5.41, 5.74) is 1.41. The second-order valence-corrected chi connectivity index (χ2v) is 9.89. The quantitative estimate of drug-likeness (QED) is 0.352. The first-order valence-corrected chi connectivity index (χ1v) is 13.4. The fourth-order valence-corrected chi connectivity index (χ4v) is 4.34. The smallest absolute Gasteiger partial charge is 0.244 e. The van der Waals surface area contributed by atoms with E-state index in [1.165, 1.54) is 18.5 Å². The third kappa shape index (κ3) is 9.03. The van der Waals surface area contributed by atoms with E-state index < -0.39 is 17.9 Å². The molecule has 3 heterocycles. The van der Waals surface area contributed by atoms with Gasteiger partial charge in [0.05, 0.1) is 18.9 Å². The monoisotopic (exact) mass is 582 g/mol. The molecule has 10 nitrogen and oxygen atoms in total. The van der Waals surface area contributed by atoms with Crippen molar-refractivity contribution in [3.8, 4) is 5.88 Å². The second-order valence-electron chi connectivity index (χ2n) is 9.07. The van der Waals surface area contributed by atoms with Gasteiger partial charge in [0.1, 0.15) is 12.1 Å². The van der Waals surface area contributed by atoms with E-state index in [4.69, 9.17) is 27.9 Å². The lowest BCUT2D eigenvalue weighted by atomic mass is 10.1. The molecule has 1 atom stereocenters. The van der Waals surface area contributed by atoms with E-state index in [0.717, 1.165) is 5.56 Å². The van der Waals surface area contributed by atoms with E-state index >= 15 is 0 Å². The number of likely N-dealkylation sites (tertiary alicyclic amines) is 1. The number of nitrogens with zero attached hydrogens (tertiary/aromatic N) is 4. The predicted molar refractivity (Wildman–Crippen MR) is 151 cm³/mol. The first-order valence-electron chi connectivity index (χ1n) is 12.7. The minimum absolute atomic E-state index is 0.120. The van der Waals surface area contributed by atoms with Crippen LogP contribution < -0.4 is 15.4 Å². The molecule has 1 aliphatic heterocycles. The Kier molecular flexibility index (Phi) is 10.4. The molecule has 1 aromatic carbocycles. The highest BCUT2D eigenvalue weighted by atomic mass is 35.5. The molecule has 1 fully saturated rings. The number of halogens is 2. The van der Waals surface area contributed by atoms with Crippen LogP contribution in [0.1, 0.15) is 24.1 Å². The van der Waals surface area contributed by atoms with Gasteiger partial charge in [-0.25, -0.2) is 0 Å². The van der Waals surface area contributed by atoms with Crippen LogP contribution in [0, 0.1) is 0 Å². The van der Waals surface area contributed by atoms with E-state index in [1.54, 1.807) is 59.6 Å². The molecule has 0 unspecified atom stereocenters. The standard InChI is InChI=1S/C28H28Cl2N6O4/c29-20-7-4-19(5-8-20)6-9-25(37)34-23(15-21-3-1-2-12-32-21)28(39)33-18-27(38)36-13-10-22(11-14-36)40-26-17-31-16-24(30)35-26/h1-9,12,16-17,22-23H,10-11,13-15,18H2,(H,33,39)(H,34,37)/b9-6+/t23-/m0/s1. The Morgan fingerprint density at radius 1 is 1.07 bits per heavy atom. The highest BCUT2D eigenvalue weighted by Gasteiger charge is 2.26. The molecule has 4 rings (SSSR count). The highest BCUT2D eigenvalue weighted by molar-refractivity contribution is 6.30. The number of rotatable bonds is 10. The molecule has 0 saturated carbocycles. The molecule has 0 aliphatic carbocycles. The normalized spacial score (nSPS) is 14.5. The molecule has 0 bridgehead atoms. The van der Waals surface area contributed by atoms with Gasteiger partial charge >= 0.3 is 0 Å². The maximum absolute atomic E-state index is 13.1. The second kappa shape index (κ2) is 14.4. The number of ether oxygens (including phenoxy) is 1. The summed E-state index contributed by atoms with van der Waals surface area (Å²) < 4.78 is 5.82. The molecule has 0 radical (unpaired) electrons. The topological polar surface area (TPSA) is 126 Å². The number of piperidine rings is 1. The zero-order valence-electron chi connectivity index (χ0n) is 21.5. The Labute approximate surface area is 241 Å². The zero-order valence-corrected chi connectivity index (χ0v) is 23.0. The minimum atomic E-state index is -0.928. The summed E-state index contributed by atoms with van der Waals surface area (Å²) in [5, 5.41) is 6.22. The van der Waals surface area contributed by atoms with Gasteiger partial charge in [-0.2, -0.15) is 4.98 Å². The summed E-state index contributed by atoms with van der Waals surface area (Å²) in [5.74, 6) is -0.817. The molecule has 40 heavy (non-hydrogen) atoms. The van der Waals surface area contributed by atoms with Crippen molar-refractivity contribution in [3.63, 3.8) is 0 Å². The Bertz CT molecular complexity index is 1330. The fraction of sp³-hybridized carbons (Fsp3) is 0.286. The van der Waals surface area contributed by atoms with Gasteiger partial charge in [-0.15, -0.1) is 0 Å². The SMILES string of the molecule is O=C(/C=C/c1ccc(Cl)cc1)N[C@@H](Cc1ccccn1)C(=O)NCC(=O)N1CCC(Oc2cncc(Cl)n2)CC1. The van der Waals surface area contributed by atoms with Gasteiger partial charge in [0.15, 0.2) is 5.15 Å². The minimum Gasteiger partial charge on any atom is -0.473 e. The van der Waals surface area contributed by atoms with Crippen LogP contribution >= 0.6 is 23.2 Å². The largest absolute Gasteiger partial charge is 0.473 e. The van der Waals surface area contributed by atoms with E-state index in [1.807, 2.05) is 0 Å². The van der Waals surface area contributed by atoms with Gasteiger partial charge in [-0.05, 0) is 35.9 Å². The van der Waals surface area contributed by atoms with Crippen LogP contribution in [0.3, 0.4) is 0 Å². The Balaban J connectivity index is 1.29. The molecule has 208 valence electrons. The Morgan fingerprint density at radius 3 is 2.55 bits per heavy atom. The van der Waals surface area contributed by atoms with Gasteiger partial charge < -0.3 is 20.3 Å². The Hall–Kier alpha value is -4.02. The maximum Gasteiger partial charge on any atom is 0.244 e. The third-order valence-corrected chi connectivity index (χ3v) is 6.58. The van der Waals surface area contributed by atoms with Crippen LogP contribution in [0.4, 0.5) is 0 Å². The molecule has 0 spiro atoms. The summed E-state index contributed by atoms with van der Waals surface area (Å²) in [6.45, 7) is 0.743. The molecule has 1 aliphatic rings. The molecule has 3 amide bonds. The number of amides is 3. The van der Waals surface area contributed by atoms with Crippen molar-refractivity contribution in [2.24, 2.45) is 0 Å². The average Bonchev–Trinajstić information content (AvgIpc) is 2.96. The number of hydrogen-bond donors (Lipinski definition) is 2. The van der Waals surface area contributed by atoms with E-state index in [-0.39, 0.29) is 30.1 Å². The molecular weight excluding hydrogens is 555 g/mol. The van der Waals surface area contributed by atoms with Crippen molar-refractivity contribution < 1.29 is 19.1 Å². The number of benzene rings is 1. The molecule has 3 aromatic rings. The third-order valence-electron chi connectivity index (χ3n) is 6.15. The summed E-state index contributed by atoms with van der Waals surface area (Å²) >= 11 is 11.8. The van der Waals surface area contributed by atoms with Gasteiger partial charge in [-0.3, -0.25) is 24.4 Å². The first kappa shape index (κ1) is 29.0. The molecule has 12 heteroatoms. The van der Waals surface area contributed by atoms with E-state index in [9.17, 15) is 14.4 Å². The summed E-state index contributed by atoms with van der Waals surface area (Å²) in [7, 11) is 0. The number of pyridine rings is 1. The van der Waals surface area contributed by atoms with Crippen molar-refractivity contribution in [2.45, 2.75) is 31.4 Å². The number of nitrogens with one attached hydrogen (secondary N) is 2.